The maximum absolute atomic E-state index is 5.46. The molecule has 0 spiro atoms. The average molecular weight is 162 g/mol. The van der Waals surface area contributed by atoms with Gasteiger partial charge < -0.3 is 5.73 Å². The van der Waals surface area contributed by atoms with Gasteiger partial charge in [0, 0.05) is 25.5 Å². The van der Waals surface area contributed by atoms with Crippen LogP contribution in [0.4, 0.5) is 5.82 Å². The monoisotopic (exact) mass is 162 g/mol. The lowest BCUT2D eigenvalue weighted by Crippen LogP contribution is -1.81. The molecule has 2 aromatic rings. The van der Waals surface area contributed by atoms with Crippen LogP contribution in [0.15, 0.2) is 30.6 Å². The number of nitrogen functional groups attached to an aromatic ring is 1. The van der Waals surface area contributed by atoms with Gasteiger partial charge in [-0.1, -0.05) is 0 Å². The van der Waals surface area contributed by atoms with Crippen LogP contribution in [-0.4, -0.2) is 15.2 Å². The quantitative estimate of drug-likeness (QED) is 0.664. The minimum atomic E-state index is 0. The van der Waals surface area contributed by atoms with Crippen molar-refractivity contribution in [2.24, 2.45) is 0 Å². The normalized spacial score (nSPS) is 10.0. The molecule has 0 radical (unpaired) electrons. The second-order valence-corrected chi connectivity index (χ2v) is 2.44. The predicted molar refractivity (Wildman–Crippen MR) is 48.3 cm³/mol. The van der Waals surface area contributed by atoms with Crippen LogP contribution < -0.4 is 5.73 Å². The number of nitrogens with zero attached hydrogens (tertiary/aromatic N) is 2. The first-order chi connectivity index (χ1) is 5.86. The molecule has 12 heavy (non-hydrogen) atoms. The third-order valence-corrected chi connectivity index (χ3v) is 1.59. The van der Waals surface area contributed by atoms with E-state index in [4.69, 9.17) is 5.73 Å². The number of aromatic amines is 1. The number of hydrogen-bond acceptors (Lipinski definition) is 3. The van der Waals surface area contributed by atoms with Crippen LogP contribution in [0.2, 0.25) is 0 Å². The molecule has 0 aliphatic rings. The van der Waals surface area contributed by atoms with Crippen LogP contribution in [0.3, 0.4) is 0 Å². The lowest BCUT2D eigenvalue weighted by atomic mass is 10.2. The van der Waals surface area contributed by atoms with E-state index in [0.29, 0.717) is 5.82 Å². The molecule has 4 heteroatoms. The molecule has 0 unspecified atom stereocenters. The van der Waals surface area contributed by atoms with E-state index in [1.165, 1.54) is 0 Å². The Kier molecular flexibility index (Phi) is 1.51. The van der Waals surface area contributed by atoms with Gasteiger partial charge in [0.05, 0.1) is 5.69 Å². The Balaban J connectivity index is 0.000000845. The van der Waals surface area contributed by atoms with Crippen molar-refractivity contribution in [3.8, 4) is 11.3 Å². The predicted octanol–water partition coefficient (Wildman–Crippen LogP) is 1.30. The zero-order valence-electron chi connectivity index (χ0n) is 6.36. The van der Waals surface area contributed by atoms with Gasteiger partial charge in [0.15, 0.2) is 0 Å². The standard InChI is InChI=1S/C8H8N4.H2/c9-8-5-7(11-12-8)6-1-3-10-4-2-6;/h1-5H,(H3,9,11,12);1H. The third-order valence-electron chi connectivity index (χ3n) is 1.59. The summed E-state index contributed by atoms with van der Waals surface area (Å²) in [5, 5.41) is 6.64. The number of aromatic nitrogens is 3. The van der Waals surface area contributed by atoms with Crippen LogP contribution in [0.5, 0.6) is 0 Å². The van der Waals surface area contributed by atoms with Crippen LogP contribution in [-0.2, 0) is 0 Å². The van der Waals surface area contributed by atoms with Gasteiger partial charge in [0.25, 0.3) is 0 Å². The Bertz CT molecular complexity index is 371. The molecule has 2 aromatic heterocycles. The van der Waals surface area contributed by atoms with Gasteiger partial charge in [-0.2, -0.15) is 5.10 Å². The topological polar surface area (TPSA) is 67.6 Å². The van der Waals surface area contributed by atoms with Crippen molar-refractivity contribution in [1.82, 2.24) is 15.2 Å². The van der Waals surface area contributed by atoms with Crippen molar-refractivity contribution in [3.05, 3.63) is 30.6 Å². The summed E-state index contributed by atoms with van der Waals surface area (Å²) < 4.78 is 0. The zero-order chi connectivity index (χ0) is 8.39. The highest BCUT2D eigenvalue weighted by atomic mass is 15.2. The fraction of sp³-hybridized carbons (Fsp3) is 0. The molecule has 0 aromatic carbocycles. The van der Waals surface area contributed by atoms with E-state index in [1.54, 1.807) is 18.5 Å². The molecule has 0 bridgehead atoms. The highest BCUT2D eigenvalue weighted by Crippen LogP contribution is 2.16. The van der Waals surface area contributed by atoms with Crippen LogP contribution in [0, 0.1) is 0 Å². The van der Waals surface area contributed by atoms with Gasteiger partial charge in [0.1, 0.15) is 5.82 Å². The molecule has 0 fully saturated rings. The molecule has 0 amide bonds. The molecule has 0 saturated heterocycles. The molecule has 0 saturated carbocycles. The highest BCUT2D eigenvalue weighted by Gasteiger charge is 1.98. The van der Waals surface area contributed by atoms with E-state index in [-0.39, 0.29) is 1.43 Å². The van der Waals surface area contributed by atoms with Crippen molar-refractivity contribution < 1.29 is 1.43 Å². The van der Waals surface area contributed by atoms with Crippen LogP contribution in [0.1, 0.15) is 1.43 Å². The molecule has 62 valence electrons. The number of nitrogens with two attached hydrogens (primary N) is 1. The molecular weight excluding hydrogens is 152 g/mol. The summed E-state index contributed by atoms with van der Waals surface area (Å²) in [5.41, 5.74) is 7.41. The smallest absolute Gasteiger partial charge is 0.145 e. The Hall–Kier alpha value is -1.84. The molecule has 0 atom stereocenters. The number of H-pyrrole nitrogens is 1. The molecule has 2 heterocycles. The first-order valence-corrected chi connectivity index (χ1v) is 3.57. The average Bonchev–Trinajstić information content (AvgIpc) is 2.54. The zero-order valence-corrected chi connectivity index (χ0v) is 6.36. The Morgan fingerprint density at radius 2 is 2.08 bits per heavy atom. The summed E-state index contributed by atoms with van der Waals surface area (Å²) in [4.78, 5) is 3.91. The number of pyridine rings is 1. The maximum Gasteiger partial charge on any atom is 0.145 e. The largest absolute Gasteiger partial charge is 0.382 e. The Morgan fingerprint density at radius 3 is 2.67 bits per heavy atom. The van der Waals surface area contributed by atoms with Gasteiger partial charge in [-0.05, 0) is 12.1 Å². The number of hydrogen-bond donors (Lipinski definition) is 2. The second-order valence-electron chi connectivity index (χ2n) is 2.44. The van der Waals surface area contributed by atoms with E-state index >= 15 is 0 Å². The molecular formula is C8H10N4. The van der Waals surface area contributed by atoms with E-state index in [2.05, 4.69) is 15.2 Å². The van der Waals surface area contributed by atoms with Crippen molar-refractivity contribution in [2.45, 2.75) is 0 Å². The Labute approximate surface area is 70.9 Å². The van der Waals surface area contributed by atoms with Gasteiger partial charge in [-0.3, -0.25) is 10.1 Å². The molecule has 4 nitrogen and oxygen atoms in total. The summed E-state index contributed by atoms with van der Waals surface area (Å²) in [6.07, 6.45) is 3.46. The van der Waals surface area contributed by atoms with Crippen molar-refractivity contribution >= 4 is 5.82 Å². The fourth-order valence-electron chi connectivity index (χ4n) is 1.02. The van der Waals surface area contributed by atoms with Crippen molar-refractivity contribution in [3.63, 3.8) is 0 Å². The minimum Gasteiger partial charge on any atom is -0.382 e. The van der Waals surface area contributed by atoms with Crippen LogP contribution in [0.25, 0.3) is 11.3 Å². The highest BCUT2D eigenvalue weighted by molar-refractivity contribution is 5.60. The van der Waals surface area contributed by atoms with Gasteiger partial charge in [-0.25, -0.2) is 0 Å². The summed E-state index contributed by atoms with van der Waals surface area (Å²) >= 11 is 0. The lowest BCUT2D eigenvalue weighted by molar-refractivity contribution is 1.10. The third kappa shape index (κ3) is 1.14. The van der Waals surface area contributed by atoms with Gasteiger partial charge in [-0.15, -0.1) is 0 Å². The van der Waals surface area contributed by atoms with Gasteiger partial charge >= 0.3 is 0 Å². The first-order valence-electron chi connectivity index (χ1n) is 3.57. The van der Waals surface area contributed by atoms with Crippen molar-refractivity contribution in [1.29, 1.82) is 0 Å². The SMILES string of the molecule is Nc1cc(-c2ccncc2)[nH]n1.[HH]. The number of rotatable bonds is 1. The maximum atomic E-state index is 5.46. The van der Waals surface area contributed by atoms with E-state index in [0.717, 1.165) is 11.3 Å². The summed E-state index contributed by atoms with van der Waals surface area (Å²) in [7, 11) is 0. The molecule has 3 N–H and O–H groups in total. The van der Waals surface area contributed by atoms with E-state index in [9.17, 15) is 0 Å². The molecule has 0 aliphatic heterocycles. The lowest BCUT2D eigenvalue weighted by Gasteiger charge is -1.92. The number of anilines is 1. The first kappa shape index (κ1) is 6.84. The second kappa shape index (κ2) is 2.65. The van der Waals surface area contributed by atoms with Crippen LogP contribution >= 0.6 is 0 Å². The molecule has 2 rings (SSSR count). The Morgan fingerprint density at radius 1 is 1.33 bits per heavy atom. The number of nitrogens with one attached hydrogen (secondary N) is 1. The van der Waals surface area contributed by atoms with Gasteiger partial charge in [0.2, 0.25) is 0 Å². The molecule has 0 aliphatic carbocycles. The van der Waals surface area contributed by atoms with E-state index in [1.807, 2.05) is 12.1 Å². The van der Waals surface area contributed by atoms with Crippen molar-refractivity contribution in [2.75, 3.05) is 5.73 Å². The fourth-order valence-corrected chi connectivity index (χ4v) is 1.02. The minimum absolute atomic E-state index is 0. The summed E-state index contributed by atoms with van der Waals surface area (Å²) in [5.74, 6) is 0.502. The van der Waals surface area contributed by atoms with E-state index < -0.39 is 0 Å². The summed E-state index contributed by atoms with van der Waals surface area (Å²) in [6, 6.07) is 5.58. The summed E-state index contributed by atoms with van der Waals surface area (Å²) in [6.45, 7) is 0.